The van der Waals surface area contributed by atoms with E-state index in [-0.39, 0.29) is 17.9 Å². The van der Waals surface area contributed by atoms with Crippen molar-refractivity contribution in [1.29, 1.82) is 0 Å². The molecule has 2 N–H and O–H groups in total. The van der Waals surface area contributed by atoms with Gasteiger partial charge in [-0.25, -0.2) is 0 Å². The molecule has 0 saturated heterocycles. The molecule has 22 heavy (non-hydrogen) atoms. The van der Waals surface area contributed by atoms with Crippen LogP contribution < -0.4 is 5.32 Å². The predicted octanol–water partition coefficient (Wildman–Crippen LogP) is 3.81. The van der Waals surface area contributed by atoms with Gasteiger partial charge >= 0.3 is 0 Å². The van der Waals surface area contributed by atoms with Crippen molar-refractivity contribution in [3.63, 3.8) is 0 Å². The zero-order valence-electron chi connectivity index (χ0n) is 13.8. The molecule has 1 heterocycles. The van der Waals surface area contributed by atoms with Gasteiger partial charge in [-0.15, -0.1) is 0 Å². The number of rotatable bonds is 8. The van der Waals surface area contributed by atoms with Gasteiger partial charge in [0.05, 0.1) is 6.26 Å². The molecule has 1 aliphatic rings. The van der Waals surface area contributed by atoms with Crippen molar-refractivity contribution in [3.8, 4) is 0 Å². The number of nitrogens with one attached hydrogen (secondary N) is 1. The Morgan fingerprint density at radius 1 is 1.45 bits per heavy atom. The Bertz CT molecular complexity index is 437. The molecule has 3 atom stereocenters. The minimum absolute atomic E-state index is 0.0646. The average Bonchev–Trinajstić information content (AvgIpc) is 3.17. The molecule has 1 aliphatic carbocycles. The number of furan rings is 1. The molecule has 0 spiro atoms. The van der Waals surface area contributed by atoms with E-state index in [9.17, 15) is 9.90 Å². The van der Waals surface area contributed by atoms with Crippen LogP contribution in [0.1, 0.15) is 70.7 Å². The summed E-state index contributed by atoms with van der Waals surface area (Å²) in [5.41, 5.74) is 0. The number of amides is 1. The maximum Gasteiger partial charge on any atom is 0.223 e. The summed E-state index contributed by atoms with van der Waals surface area (Å²) in [4.78, 5) is 12.4. The zero-order chi connectivity index (χ0) is 15.9. The summed E-state index contributed by atoms with van der Waals surface area (Å²) < 4.78 is 5.20. The molecule has 4 nitrogen and oxygen atoms in total. The molecule has 0 aromatic carbocycles. The van der Waals surface area contributed by atoms with Crippen LogP contribution in [-0.2, 0) is 4.79 Å². The lowest BCUT2D eigenvalue weighted by molar-refractivity contribution is -0.126. The molecule has 4 heteroatoms. The van der Waals surface area contributed by atoms with Crippen molar-refractivity contribution in [1.82, 2.24) is 5.32 Å². The molecule has 1 aromatic rings. The zero-order valence-corrected chi connectivity index (χ0v) is 13.8. The van der Waals surface area contributed by atoms with Crippen LogP contribution in [0.5, 0.6) is 0 Å². The molecular weight excluding hydrogens is 278 g/mol. The maximum absolute atomic E-state index is 12.4. The molecule has 0 aliphatic heterocycles. The van der Waals surface area contributed by atoms with Gasteiger partial charge in [0.15, 0.2) is 0 Å². The van der Waals surface area contributed by atoms with Gasteiger partial charge < -0.3 is 14.8 Å². The third-order valence-electron chi connectivity index (χ3n) is 4.79. The van der Waals surface area contributed by atoms with E-state index in [2.05, 4.69) is 12.2 Å². The van der Waals surface area contributed by atoms with Gasteiger partial charge in [-0.05, 0) is 37.8 Å². The van der Waals surface area contributed by atoms with Crippen molar-refractivity contribution in [2.75, 3.05) is 0 Å². The Morgan fingerprint density at radius 3 is 2.77 bits per heavy atom. The van der Waals surface area contributed by atoms with Gasteiger partial charge in [0, 0.05) is 18.4 Å². The number of hydrogen-bond donors (Lipinski definition) is 2. The SMILES string of the molecule is CCC(CC1CCCC1)C(=O)NC(C)CC(O)c1ccco1. The quantitative estimate of drug-likeness (QED) is 0.767. The third-order valence-corrected chi connectivity index (χ3v) is 4.79. The molecule has 1 fully saturated rings. The van der Waals surface area contributed by atoms with E-state index in [1.54, 1.807) is 18.4 Å². The monoisotopic (exact) mass is 307 g/mol. The van der Waals surface area contributed by atoms with Crippen LogP contribution in [0.2, 0.25) is 0 Å². The van der Waals surface area contributed by atoms with Gasteiger partial charge in [0.25, 0.3) is 0 Å². The van der Waals surface area contributed by atoms with Gasteiger partial charge in [0.1, 0.15) is 11.9 Å². The van der Waals surface area contributed by atoms with E-state index in [1.807, 2.05) is 6.92 Å². The molecule has 2 rings (SSSR count). The highest BCUT2D eigenvalue weighted by molar-refractivity contribution is 5.78. The lowest BCUT2D eigenvalue weighted by atomic mass is 9.90. The Hall–Kier alpha value is -1.29. The van der Waals surface area contributed by atoms with Crippen molar-refractivity contribution in [3.05, 3.63) is 24.2 Å². The summed E-state index contributed by atoms with van der Waals surface area (Å²) in [6, 6.07) is 3.45. The second kappa shape index (κ2) is 8.37. The summed E-state index contributed by atoms with van der Waals surface area (Å²) >= 11 is 0. The van der Waals surface area contributed by atoms with Gasteiger partial charge in [-0.3, -0.25) is 4.79 Å². The van der Waals surface area contributed by atoms with Gasteiger partial charge in [0.2, 0.25) is 5.91 Å². The van der Waals surface area contributed by atoms with Crippen molar-refractivity contribution >= 4 is 5.91 Å². The van der Waals surface area contributed by atoms with Crippen molar-refractivity contribution in [2.45, 2.75) is 70.9 Å². The first-order chi connectivity index (χ1) is 10.6. The lowest BCUT2D eigenvalue weighted by Crippen LogP contribution is -2.38. The van der Waals surface area contributed by atoms with Gasteiger partial charge in [-0.2, -0.15) is 0 Å². The summed E-state index contributed by atoms with van der Waals surface area (Å²) in [7, 11) is 0. The van der Waals surface area contributed by atoms with Crippen LogP contribution in [-0.4, -0.2) is 17.1 Å². The molecule has 124 valence electrons. The van der Waals surface area contributed by atoms with Crippen LogP contribution in [0.15, 0.2) is 22.8 Å². The van der Waals surface area contributed by atoms with Crippen molar-refractivity contribution < 1.29 is 14.3 Å². The highest BCUT2D eigenvalue weighted by atomic mass is 16.4. The van der Waals surface area contributed by atoms with E-state index in [1.165, 1.54) is 25.7 Å². The maximum atomic E-state index is 12.4. The number of aliphatic hydroxyl groups excluding tert-OH is 1. The smallest absolute Gasteiger partial charge is 0.223 e. The summed E-state index contributed by atoms with van der Waals surface area (Å²) in [5.74, 6) is 1.51. The third kappa shape index (κ3) is 4.87. The first-order valence-electron chi connectivity index (χ1n) is 8.62. The fourth-order valence-corrected chi connectivity index (χ4v) is 3.46. The molecule has 1 saturated carbocycles. The molecule has 0 radical (unpaired) electrons. The highest BCUT2D eigenvalue weighted by Crippen LogP contribution is 2.31. The largest absolute Gasteiger partial charge is 0.467 e. The Morgan fingerprint density at radius 2 is 2.18 bits per heavy atom. The predicted molar refractivity (Wildman–Crippen MR) is 86.2 cm³/mol. The molecule has 3 unspecified atom stereocenters. The van der Waals surface area contributed by atoms with Crippen molar-refractivity contribution in [2.24, 2.45) is 11.8 Å². The molecule has 1 aromatic heterocycles. The Labute approximate surface area is 133 Å². The summed E-state index contributed by atoms with van der Waals surface area (Å²) in [6.07, 6.45) is 8.43. The number of hydrogen-bond acceptors (Lipinski definition) is 3. The Balaban J connectivity index is 1.78. The molecule has 0 bridgehead atoms. The van der Waals surface area contributed by atoms with Crippen LogP contribution in [0.3, 0.4) is 0 Å². The van der Waals surface area contributed by atoms with E-state index in [4.69, 9.17) is 4.42 Å². The Kier molecular flexibility index (Phi) is 6.49. The van der Waals surface area contributed by atoms with Crippen LogP contribution in [0, 0.1) is 11.8 Å². The van der Waals surface area contributed by atoms with E-state index in [0.717, 1.165) is 18.8 Å². The second-order valence-corrected chi connectivity index (χ2v) is 6.67. The van der Waals surface area contributed by atoms with Crippen LogP contribution in [0.25, 0.3) is 0 Å². The van der Waals surface area contributed by atoms with Crippen LogP contribution in [0.4, 0.5) is 0 Å². The topological polar surface area (TPSA) is 62.5 Å². The molecular formula is C18H29NO3. The van der Waals surface area contributed by atoms with E-state index in [0.29, 0.717) is 12.2 Å². The fourth-order valence-electron chi connectivity index (χ4n) is 3.46. The number of aliphatic hydroxyl groups is 1. The van der Waals surface area contributed by atoms with Gasteiger partial charge in [-0.1, -0.05) is 32.6 Å². The standard InChI is InChI=1S/C18H29NO3/c1-3-15(12-14-7-4-5-8-14)18(21)19-13(2)11-16(20)17-9-6-10-22-17/h6,9-10,13-16,20H,3-5,7-8,11-12H2,1-2H3,(H,19,21). The highest BCUT2D eigenvalue weighted by Gasteiger charge is 2.25. The number of carbonyl (C=O) groups excluding carboxylic acids is 1. The van der Waals surface area contributed by atoms with E-state index >= 15 is 0 Å². The van der Waals surface area contributed by atoms with Crippen LogP contribution >= 0.6 is 0 Å². The fraction of sp³-hybridized carbons (Fsp3) is 0.722. The molecule has 1 amide bonds. The summed E-state index contributed by atoms with van der Waals surface area (Å²) in [5, 5.41) is 13.1. The normalized spacial score (nSPS) is 19.8. The minimum atomic E-state index is -0.666. The number of carbonyl (C=O) groups is 1. The first kappa shape index (κ1) is 17.1. The average molecular weight is 307 g/mol. The first-order valence-corrected chi connectivity index (χ1v) is 8.62. The second-order valence-electron chi connectivity index (χ2n) is 6.67. The van der Waals surface area contributed by atoms with E-state index < -0.39 is 6.10 Å². The summed E-state index contributed by atoms with van der Waals surface area (Å²) in [6.45, 7) is 4.02. The minimum Gasteiger partial charge on any atom is -0.467 e. The lowest BCUT2D eigenvalue weighted by Gasteiger charge is -2.22.